The first-order valence-corrected chi connectivity index (χ1v) is 6.79. The highest BCUT2D eigenvalue weighted by atomic mass is 16.4. The number of benzene rings is 2. The molecule has 5 heteroatoms. The van der Waals surface area contributed by atoms with E-state index in [4.69, 9.17) is 5.11 Å². The van der Waals surface area contributed by atoms with Gasteiger partial charge in [-0.25, -0.2) is 9.78 Å². The number of hydrogen-bond acceptors (Lipinski definition) is 3. The molecule has 0 amide bonds. The fourth-order valence-corrected chi connectivity index (χ4v) is 2.59. The van der Waals surface area contributed by atoms with Crippen LogP contribution in [0, 0.1) is 0 Å². The average Bonchev–Trinajstić information content (AvgIpc) is 2.97. The van der Waals surface area contributed by atoms with Crippen molar-refractivity contribution in [1.82, 2.24) is 15.2 Å². The maximum atomic E-state index is 11.1. The number of nitrogens with one attached hydrogen (secondary N) is 1. The van der Waals surface area contributed by atoms with Crippen molar-refractivity contribution >= 4 is 27.6 Å². The minimum Gasteiger partial charge on any atom is -0.477 e. The Morgan fingerprint density at radius 2 is 1.86 bits per heavy atom. The van der Waals surface area contributed by atoms with E-state index in [2.05, 4.69) is 15.2 Å². The van der Waals surface area contributed by atoms with Gasteiger partial charge in [0.2, 0.25) is 0 Å². The molecule has 4 aromatic rings. The molecule has 4 rings (SSSR count). The summed E-state index contributed by atoms with van der Waals surface area (Å²) in [5.74, 6) is -1.05. The predicted octanol–water partition coefficient (Wildman–Crippen LogP) is 3.48. The lowest BCUT2D eigenvalue weighted by Gasteiger charge is -2.02. The monoisotopic (exact) mass is 289 g/mol. The van der Waals surface area contributed by atoms with Crippen molar-refractivity contribution in [2.75, 3.05) is 0 Å². The van der Waals surface area contributed by atoms with Crippen molar-refractivity contribution in [3.05, 3.63) is 60.4 Å². The molecule has 0 unspecified atom stereocenters. The van der Waals surface area contributed by atoms with Gasteiger partial charge >= 0.3 is 5.97 Å². The molecule has 2 N–H and O–H groups in total. The van der Waals surface area contributed by atoms with Crippen molar-refractivity contribution in [3.8, 4) is 11.3 Å². The lowest BCUT2D eigenvalue weighted by atomic mass is 10.0. The maximum Gasteiger partial charge on any atom is 0.354 e. The van der Waals surface area contributed by atoms with Crippen molar-refractivity contribution in [3.63, 3.8) is 0 Å². The minimum atomic E-state index is -1.05. The summed E-state index contributed by atoms with van der Waals surface area (Å²) in [5.41, 5.74) is 2.39. The third kappa shape index (κ3) is 1.91. The molecule has 0 aliphatic rings. The zero-order chi connectivity index (χ0) is 15.1. The van der Waals surface area contributed by atoms with Crippen LogP contribution in [0.3, 0.4) is 0 Å². The first kappa shape index (κ1) is 12.5. The van der Waals surface area contributed by atoms with Gasteiger partial charge in [-0.05, 0) is 22.9 Å². The molecule has 106 valence electrons. The molecule has 2 aromatic heterocycles. The molecule has 2 aromatic carbocycles. The number of fused-ring (bicyclic) bond motifs is 2. The van der Waals surface area contributed by atoms with E-state index in [1.807, 2.05) is 42.5 Å². The van der Waals surface area contributed by atoms with Crippen LogP contribution in [0.4, 0.5) is 0 Å². The molecule has 0 saturated carbocycles. The summed E-state index contributed by atoms with van der Waals surface area (Å²) >= 11 is 0. The summed E-state index contributed by atoms with van der Waals surface area (Å²) in [6.07, 6.45) is 1.50. The summed E-state index contributed by atoms with van der Waals surface area (Å²) < 4.78 is 0. The number of hydrogen-bond donors (Lipinski definition) is 2. The van der Waals surface area contributed by atoms with E-state index in [0.29, 0.717) is 5.52 Å². The third-order valence-corrected chi connectivity index (χ3v) is 3.69. The number of nitrogens with zero attached hydrogens (tertiary/aromatic N) is 2. The molecular formula is C17H11N3O2. The standard InChI is InChI=1S/C17H11N3O2/c21-17(22)14-8-13-15(9-18-14)19-20-16(13)12-6-5-10-3-1-2-4-11(10)7-12/h1-9H,(H,19,20)(H,21,22). The predicted molar refractivity (Wildman–Crippen MR) is 83.8 cm³/mol. The largest absolute Gasteiger partial charge is 0.477 e. The molecule has 0 spiro atoms. The quantitative estimate of drug-likeness (QED) is 0.592. The molecule has 0 fully saturated rings. The highest BCUT2D eigenvalue weighted by Crippen LogP contribution is 2.28. The zero-order valence-electron chi connectivity index (χ0n) is 11.4. The first-order valence-electron chi connectivity index (χ1n) is 6.79. The lowest BCUT2D eigenvalue weighted by Crippen LogP contribution is -1.98. The average molecular weight is 289 g/mol. The van der Waals surface area contributed by atoms with E-state index in [9.17, 15) is 4.79 Å². The Kier molecular flexibility index (Phi) is 2.66. The summed E-state index contributed by atoms with van der Waals surface area (Å²) in [6, 6.07) is 15.7. The van der Waals surface area contributed by atoms with Gasteiger partial charge < -0.3 is 5.11 Å². The second-order valence-corrected chi connectivity index (χ2v) is 5.05. The van der Waals surface area contributed by atoms with E-state index in [-0.39, 0.29) is 5.69 Å². The molecular weight excluding hydrogens is 278 g/mol. The molecule has 0 bridgehead atoms. The number of rotatable bonds is 2. The summed E-state index contributed by atoms with van der Waals surface area (Å²) in [6.45, 7) is 0. The smallest absolute Gasteiger partial charge is 0.354 e. The van der Waals surface area contributed by atoms with Crippen LogP contribution in [0.5, 0.6) is 0 Å². The number of carbonyl (C=O) groups is 1. The van der Waals surface area contributed by atoms with Crippen LogP contribution in [-0.4, -0.2) is 26.3 Å². The molecule has 2 heterocycles. The zero-order valence-corrected chi connectivity index (χ0v) is 11.4. The Bertz CT molecular complexity index is 1020. The molecule has 5 nitrogen and oxygen atoms in total. The van der Waals surface area contributed by atoms with Crippen LogP contribution in [-0.2, 0) is 0 Å². The van der Waals surface area contributed by atoms with Gasteiger partial charge in [0.05, 0.1) is 11.7 Å². The fourth-order valence-electron chi connectivity index (χ4n) is 2.59. The van der Waals surface area contributed by atoms with Crippen LogP contribution in [0.2, 0.25) is 0 Å². The van der Waals surface area contributed by atoms with E-state index in [0.717, 1.165) is 27.4 Å². The van der Waals surface area contributed by atoms with Gasteiger partial charge in [-0.1, -0.05) is 36.4 Å². The Hall–Kier alpha value is -3.21. The van der Waals surface area contributed by atoms with Gasteiger partial charge in [-0.15, -0.1) is 0 Å². The van der Waals surface area contributed by atoms with Gasteiger partial charge in [0, 0.05) is 10.9 Å². The van der Waals surface area contributed by atoms with Gasteiger partial charge in [-0.3, -0.25) is 5.10 Å². The Balaban J connectivity index is 1.95. The van der Waals surface area contributed by atoms with Crippen LogP contribution < -0.4 is 0 Å². The number of aromatic amines is 1. The second kappa shape index (κ2) is 4.66. The molecule has 0 atom stereocenters. The van der Waals surface area contributed by atoms with Crippen LogP contribution in [0.15, 0.2) is 54.7 Å². The SMILES string of the molecule is O=C(O)c1cc2c(-c3ccc4ccccc4c3)n[nH]c2cn1. The van der Waals surface area contributed by atoms with Gasteiger partial charge in [-0.2, -0.15) is 5.10 Å². The van der Waals surface area contributed by atoms with Crippen molar-refractivity contribution in [2.24, 2.45) is 0 Å². The van der Waals surface area contributed by atoms with Crippen LogP contribution >= 0.6 is 0 Å². The van der Waals surface area contributed by atoms with E-state index < -0.39 is 5.97 Å². The maximum absolute atomic E-state index is 11.1. The number of carboxylic acids is 1. The lowest BCUT2D eigenvalue weighted by molar-refractivity contribution is 0.0690. The van der Waals surface area contributed by atoms with E-state index in [1.54, 1.807) is 6.07 Å². The summed E-state index contributed by atoms with van der Waals surface area (Å²) in [7, 11) is 0. The summed E-state index contributed by atoms with van der Waals surface area (Å²) in [5, 5.41) is 19.3. The Morgan fingerprint density at radius 1 is 1.05 bits per heavy atom. The third-order valence-electron chi connectivity index (χ3n) is 3.69. The van der Waals surface area contributed by atoms with Crippen LogP contribution in [0.25, 0.3) is 32.9 Å². The number of aromatic nitrogens is 3. The van der Waals surface area contributed by atoms with Crippen molar-refractivity contribution < 1.29 is 9.90 Å². The number of pyridine rings is 1. The van der Waals surface area contributed by atoms with Gasteiger partial charge in [0.1, 0.15) is 11.4 Å². The Labute approximate surface area is 125 Å². The highest BCUT2D eigenvalue weighted by molar-refractivity contribution is 5.98. The molecule has 0 saturated heterocycles. The number of aromatic carboxylic acids is 1. The Morgan fingerprint density at radius 3 is 2.68 bits per heavy atom. The van der Waals surface area contributed by atoms with Crippen molar-refractivity contribution in [2.45, 2.75) is 0 Å². The topological polar surface area (TPSA) is 78.9 Å². The fraction of sp³-hybridized carbons (Fsp3) is 0. The number of H-pyrrole nitrogens is 1. The minimum absolute atomic E-state index is 0.0101. The molecule has 22 heavy (non-hydrogen) atoms. The molecule has 0 radical (unpaired) electrons. The van der Waals surface area contributed by atoms with Crippen molar-refractivity contribution in [1.29, 1.82) is 0 Å². The highest BCUT2D eigenvalue weighted by Gasteiger charge is 2.12. The van der Waals surface area contributed by atoms with E-state index in [1.165, 1.54) is 6.20 Å². The van der Waals surface area contributed by atoms with Gasteiger partial charge in [0.25, 0.3) is 0 Å². The molecule has 0 aliphatic heterocycles. The molecule has 0 aliphatic carbocycles. The normalized spacial score (nSPS) is 11.1. The summed E-state index contributed by atoms with van der Waals surface area (Å²) in [4.78, 5) is 15.0. The number of carboxylic acid groups (broad SMARTS) is 1. The van der Waals surface area contributed by atoms with Gasteiger partial charge in [0.15, 0.2) is 0 Å². The van der Waals surface area contributed by atoms with E-state index >= 15 is 0 Å². The van der Waals surface area contributed by atoms with Crippen LogP contribution in [0.1, 0.15) is 10.5 Å². The second-order valence-electron chi connectivity index (χ2n) is 5.05. The first-order chi connectivity index (χ1) is 10.7.